The van der Waals surface area contributed by atoms with Gasteiger partial charge in [-0.15, -0.1) is 0 Å². The summed E-state index contributed by atoms with van der Waals surface area (Å²) >= 11 is 0. The van der Waals surface area contributed by atoms with Gasteiger partial charge in [0.1, 0.15) is 5.75 Å². The number of aromatic hydroxyl groups is 1. The maximum Gasteiger partial charge on any atom is 0.316 e. The maximum atomic E-state index is 10.5. The van der Waals surface area contributed by atoms with E-state index in [4.69, 9.17) is 5.73 Å². The van der Waals surface area contributed by atoms with Gasteiger partial charge >= 0.3 is 6.03 Å². The van der Waals surface area contributed by atoms with Crippen LogP contribution in [0.15, 0.2) is 18.2 Å². The van der Waals surface area contributed by atoms with Crippen molar-refractivity contribution in [3.8, 4) is 5.75 Å². The van der Waals surface area contributed by atoms with Gasteiger partial charge in [0.2, 0.25) is 6.41 Å². The molecule has 14 heavy (non-hydrogen) atoms. The summed E-state index contributed by atoms with van der Waals surface area (Å²) in [6.07, 6.45) is 0.482. The lowest BCUT2D eigenvalue weighted by atomic mass is 10.2. The first-order valence-electron chi connectivity index (χ1n) is 3.73. The minimum absolute atomic E-state index is 0.171. The zero-order valence-corrected chi connectivity index (χ0v) is 7.15. The molecule has 0 saturated carbocycles. The molecule has 74 valence electrons. The highest BCUT2D eigenvalue weighted by molar-refractivity contribution is 5.90. The fourth-order valence-corrected chi connectivity index (χ4v) is 0.928. The van der Waals surface area contributed by atoms with Gasteiger partial charge < -0.3 is 21.5 Å². The molecular formula is C8H9N3O3. The first-order chi connectivity index (χ1) is 6.63. The highest BCUT2D eigenvalue weighted by Gasteiger charge is 2.03. The van der Waals surface area contributed by atoms with Crippen LogP contribution in [0, 0.1) is 0 Å². The Labute approximate surface area is 79.7 Å². The molecule has 0 saturated heterocycles. The average Bonchev–Trinajstić information content (AvgIpc) is 2.10. The predicted molar refractivity (Wildman–Crippen MR) is 51.0 cm³/mol. The summed E-state index contributed by atoms with van der Waals surface area (Å²) in [6.45, 7) is 0. The van der Waals surface area contributed by atoms with Crippen LogP contribution >= 0.6 is 0 Å². The zero-order valence-electron chi connectivity index (χ0n) is 7.15. The molecule has 0 fully saturated rings. The van der Waals surface area contributed by atoms with Crippen molar-refractivity contribution in [3.05, 3.63) is 18.2 Å². The number of phenols is 1. The minimum Gasteiger partial charge on any atom is -0.506 e. The fourth-order valence-electron chi connectivity index (χ4n) is 0.928. The lowest BCUT2D eigenvalue weighted by Gasteiger charge is -2.06. The molecule has 6 nitrogen and oxygen atoms in total. The van der Waals surface area contributed by atoms with E-state index in [9.17, 15) is 14.7 Å². The van der Waals surface area contributed by atoms with Gasteiger partial charge in [0.15, 0.2) is 0 Å². The number of rotatable bonds is 3. The van der Waals surface area contributed by atoms with E-state index in [0.717, 1.165) is 0 Å². The molecule has 0 aliphatic rings. The molecule has 0 unspecified atom stereocenters. The third-order valence-electron chi connectivity index (χ3n) is 1.48. The SMILES string of the molecule is NC(=O)Nc1ccc(NC=O)cc1O. The molecule has 1 aromatic rings. The van der Waals surface area contributed by atoms with E-state index < -0.39 is 6.03 Å². The zero-order chi connectivity index (χ0) is 10.6. The van der Waals surface area contributed by atoms with Crippen LogP contribution in [0.3, 0.4) is 0 Å². The minimum atomic E-state index is -0.767. The predicted octanol–water partition coefficient (Wildman–Crippen LogP) is 0.451. The lowest BCUT2D eigenvalue weighted by molar-refractivity contribution is -0.105. The van der Waals surface area contributed by atoms with Crippen molar-refractivity contribution in [2.75, 3.05) is 10.6 Å². The van der Waals surface area contributed by atoms with Gasteiger partial charge in [-0.1, -0.05) is 0 Å². The van der Waals surface area contributed by atoms with E-state index >= 15 is 0 Å². The van der Waals surface area contributed by atoms with Gasteiger partial charge in [-0.3, -0.25) is 4.79 Å². The molecule has 1 rings (SSSR count). The van der Waals surface area contributed by atoms with Crippen LogP contribution in [0.25, 0.3) is 0 Å². The summed E-state index contributed by atoms with van der Waals surface area (Å²) in [7, 11) is 0. The number of primary amides is 1. The number of nitrogens with two attached hydrogens (primary N) is 1. The van der Waals surface area contributed by atoms with Gasteiger partial charge in [-0.25, -0.2) is 4.79 Å². The maximum absolute atomic E-state index is 10.5. The molecule has 0 radical (unpaired) electrons. The average molecular weight is 195 g/mol. The molecule has 0 atom stereocenters. The number of carbonyl (C=O) groups excluding carboxylic acids is 2. The molecule has 3 amide bonds. The Morgan fingerprint density at radius 3 is 2.71 bits per heavy atom. The number of phenolic OH excluding ortho intramolecular Hbond substituents is 1. The summed E-state index contributed by atoms with van der Waals surface area (Å²) in [5, 5.41) is 13.9. The molecule has 0 aromatic heterocycles. The molecule has 0 spiro atoms. The van der Waals surface area contributed by atoms with Crippen molar-refractivity contribution in [2.24, 2.45) is 5.73 Å². The van der Waals surface area contributed by atoms with Crippen molar-refractivity contribution < 1.29 is 14.7 Å². The van der Waals surface area contributed by atoms with Crippen LogP contribution in [0.2, 0.25) is 0 Å². The Hall–Kier alpha value is -2.24. The van der Waals surface area contributed by atoms with E-state index in [2.05, 4.69) is 10.6 Å². The summed E-state index contributed by atoms with van der Waals surface area (Å²) < 4.78 is 0. The third kappa shape index (κ3) is 2.37. The van der Waals surface area contributed by atoms with Crippen molar-refractivity contribution in [3.63, 3.8) is 0 Å². The molecule has 1 aromatic carbocycles. The normalized spacial score (nSPS) is 9.14. The standard InChI is InChI=1S/C8H9N3O3/c9-8(14)11-6-2-1-5(10-4-12)3-7(6)13/h1-4,13H,(H,10,12)(H3,9,11,14). The second-order valence-corrected chi connectivity index (χ2v) is 2.48. The Balaban J connectivity index is 2.89. The van der Waals surface area contributed by atoms with Gasteiger partial charge in [-0.05, 0) is 12.1 Å². The number of carbonyl (C=O) groups is 2. The highest BCUT2D eigenvalue weighted by atomic mass is 16.3. The molecule has 0 heterocycles. The van der Waals surface area contributed by atoms with E-state index in [-0.39, 0.29) is 11.4 Å². The second-order valence-electron chi connectivity index (χ2n) is 2.48. The summed E-state index contributed by atoms with van der Waals surface area (Å²) in [4.78, 5) is 20.5. The van der Waals surface area contributed by atoms with Gasteiger partial charge in [0.25, 0.3) is 0 Å². The quantitative estimate of drug-likeness (QED) is 0.415. The molecule has 0 aliphatic heterocycles. The summed E-state index contributed by atoms with van der Waals surface area (Å²) in [6, 6.07) is 3.46. The van der Waals surface area contributed by atoms with Crippen molar-refractivity contribution in [1.82, 2.24) is 0 Å². The first kappa shape index (κ1) is 9.85. The van der Waals surface area contributed by atoms with Crippen LogP contribution in [0.4, 0.5) is 16.2 Å². The number of nitrogens with one attached hydrogen (secondary N) is 2. The van der Waals surface area contributed by atoms with Crippen LogP contribution < -0.4 is 16.4 Å². The molecule has 0 bridgehead atoms. The highest BCUT2D eigenvalue weighted by Crippen LogP contribution is 2.26. The first-order valence-corrected chi connectivity index (χ1v) is 3.73. The smallest absolute Gasteiger partial charge is 0.316 e. The van der Waals surface area contributed by atoms with E-state index in [1.165, 1.54) is 18.2 Å². The summed E-state index contributed by atoms with van der Waals surface area (Å²) in [5.74, 6) is -0.171. The van der Waals surface area contributed by atoms with E-state index in [1.807, 2.05) is 0 Å². The second kappa shape index (κ2) is 4.13. The van der Waals surface area contributed by atoms with Crippen LogP contribution in [-0.4, -0.2) is 17.5 Å². The Bertz CT molecular complexity index is 365. The largest absolute Gasteiger partial charge is 0.506 e. The van der Waals surface area contributed by atoms with E-state index in [0.29, 0.717) is 12.1 Å². The van der Waals surface area contributed by atoms with Gasteiger partial charge in [0, 0.05) is 11.8 Å². The van der Waals surface area contributed by atoms with Crippen molar-refractivity contribution in [1.29, 1.82) is 0 Å². The van der Waals surface area contributed by atoms with Gasteiger partial charge in [0.05, 0.1) is 5.69 Å². The Morgan fingerprint density at radius 2 is 2.21 bits per heavy atom. The topological polar surface area (TPSA) is 104 Å². The van der Waals surface area contributed by atoms with Crippen molar-refractivity contribution in [2.45, 2.75) is 0 Å². The lowest BCUT2D eigenvalue weighted by Crippen LogP contribution is -2.19. The number of hydrogen-bond donors (Lipinski definition) is 4. The van der Waals surface area contributed by atoms with Gasteiger partial charge in [-0.2, -0.15) is 0 Å². The number of benzene rings is 1. The summed E-state index contributed by atoms with van der Waals surface area (Å²) in [5.41, 5.74) is 5.47. The number of hydrogen-bond acceptors (Lipinski definition) is 3. The van der Waals surface area contributed by atoms with E-state index in [1.54, 1.807) is 0 Å². The monoisotopic (exact) mass is 195 g/mol. The fraction of sp³-hybridized carbons (Fsp3) is 0. The third-order valence-corrected chi connectivity index (χ3v) is 1.48. The number of urea groups is 1. The van der Waals surface area contributed by atoms with Crippen LogP contribution in [-0.2, 0) is 4.79 Å². The number of anilines is 2. The van der Waals surface area contributed by atoms with Crippen LogP contribution in [0.1, 0.15) is 0 Å². The molecule has 5 N–H and O–H groups in total. The molecular weight excluding hydrogens is 186 g/mol. The number of amides is 3. The van der Waals surface area contributed by atoms with Crippen molar-refractivity contribution >= 4 is 23.8 Å². The molecule has 0 aliphatic carbocycles. The Morgan fingerprint density at radius 1 is 1.50 bits per heavy atom. The molecule has 6 heteroatoms. The van der Waals surface area contributed by atoms with Crippen LogP contribution in [0.5, 0.6) is 5.75 Å². The Kier molecular flexibility index (Phi) is 2.90.